The Kier molecular flexibility index (Phi) is 5.98. The Balaban J connectivity index is 1.85. The van der Waals surface area contributed by atoms with Crippen molar-refractivity contribution in [3.05, 3.63) is 63.6 Å². The molecule has 0 spiro atoms. The van der Waals surface area contributed by atoms with E-state index in [1.54, 1.807) is 24.3 Å². The monoisotopic (exact) mass is 380 g/mol. The summed E-state index contributed by atoms with van der Waals surface area (Å²) in [6, 6.07) is 14.5. The molecular formula is C16H14BrClN2O2. The fourth-order valence-corrected chi connectivity index (χ4v) is 2.00. The van der Waals surface area contributed by atoms with E-state index in [1.807, 2.05) is 31.2 Å². The lowest BCUT2D eigenvalue weighted by Gasteiger charge is -2.06. The summed E-state index contributed by atoms with van der Waals surface area (Å²) in [6.45, 7) is 1.71. The standard InChI is InChI=1S/C16H14BrClN2O2/c1-11(12-2-4-13(17)5-3-12)19-20-16(21)10-22-15-8-6-14(18)7-9-15/h2-9H,10H2,1H3,(H,20,21)/b19-11-. The maximum Gasteiger partial charge on any atom is 0.277 e. The second-order valence-electron chi connectivity index (χ2n) is 4.48. The highest BCUT2D eigenvalue weighted by Gasteiger charge is 2.03. The molecule has 114 valence electrons. The van der Waals surface area contributed by atoms with Crippen molar-refractivity contribution in [1.82, 2.24) is 5.43 Å². The number of hydrazone groups is 1. The number of hydrogen-bond donors (Lipinski definition) is 1. The molecule has 0 unspecified atom stereocenters. The van der Waals surface area contributed by atoms with Crippen molar-refractivity contribution in [3.63, 3.8) is 0 Å². The molecule has 0 heterocycles. The predicted molar refractivity (Wildman–Crippen MR) is 91.4 cm³/mol. The molecule has 4 nitrogen and oxygen atoms in total. The zero-order valence-electron chi connectivity index (χ0n) is 11.8. The fraction of sp³-hybridized carbons (Fsp3) is 0.125. The molecule has 22 heavy (non-hydrogen) atoms. The molecule has 0 aliphatic rings. The first-order valence-corrected chi connectivity index (χ1v) is 7.69. The van der Waals surface area contributed by atoms with Gasteiger partial charge in [0.2, 0.25) is 0 Å². The summed E-state index contributed by atoms with van der Waals surface area (Å²) in [5.41, 5.74) is 4.11. The van der Waals surface area contributed by atoms with Crippen LogP contribution in [0, 0.1) is 0 Å². The lowest BCUT2D eigenvalue weighted by Crippen LogP contribution is -2.25. The minimum absolute atomic E-state index is 0.112. The maximum atomic E-state index is 11.7. The molecule has 0 saturated heterocycles. The van der Waals surface area contributed by atoms with Gasteiger partial charge in [-0.25, -0.2) is 5.43 Å². The zero-order chi connectivity index (χ0) is 15.9. The van der Waals surface area contributed by atoms with Gasteiger partial charge in [-0.2, -0.15) is 5.10 Å². The Morgan fingerprint density at radius 1 is 1.18 bits per heavy atom. The third-order valence-electron chi connectivity index (χ3n) is 2.79. The molecule has 0 aliphatic carbocycles. The molecule has 0 aromatic heterocycles. The van der Waals surface area contributed by atoms with Crippen molar-refractivity contribution in [2.75, 3.05) is 6.61 Å². The Labute approximate surface area is 142 Å². The van der Waals surface area contributed by atoms with Crippen LogP contribution < -0.4 is 10.2 Å². The van der Waals surface area contributed by atoms with Gasteiger partial charge in [0.25, 0.3) is 5.91 Å². The van der Waals surface area contributed by atoms with Gasteiger partial charge in [-0.05, 0) is 48.9 Å². The van der Waals surface area contributed by atoms with E-state index in [-0.39, 0.29) is 12.5 Å². The van der Waals surface area contributed by atoms with Gasteiger partial charge in [0.05, 0.1) is 5.71 Å². The number of carbonyl (C=O) groups excluding carboxylic acids is 1. The first kappa shape index (κ1) is 16.5. The summed E-state index contributed by atoms with van der Waals surface area (Å²) < 4.78 is 6.32. The molecule has 2 aromatic rings. The van der Waals surface area contributed by atoms with Crippen LogP contribution in [-0.2, 0) is 4.79 Å². The minimum atomic E-state index is -0.327. The van der Waals surface area contributed by atoms with Gasteiger partial charge < -0.3 is 4.74 Å². The van der Waals surface area contributed by atoms with E-state index in [9.17, 15) is 4.79 Å². The van der Waals surface area contributed by atoms with Crippen LogP contribution in [0.2, 0.25) is 5.02 Å². The molecule has 0 aliphatic heterocycles. The Hall–Kier alpha value is -1.85. The fourth-order valence-electron chi connectivity index (χ4n) is 1.61. The zero-order valence-corrected chi connectivity index (χ0v) is 14.2. The van der Waals surface area contributed by atoms with Crippen LogP contribution in [0.1, 0.15) is 12.5 Å². The first-order chi connectivity index (χ1) is 10.5. The summed E-state index contributed by atoms with van der Waals surface area (Å²) in [5, 5.41) is 4.67. The van der Waals surface area contributed by atoms with Gasteiger partial charge in [0.15, 0.2) is 6.61 Å². The SMILES string of the molecule is C/C(=N/NC(=O)COc1ccc(Cl)cc1)c1ccc(Br)cc1. The van der Waals surface area contributed by atoms with E-state index >= 15 is 0 Å². The molecule has 0 bridgehead atoms. The van der Waals surface area contributed by atoms with Gasteiger partial charge in [-0.1, -0.05) is 39.7 Å². The van der Waals surface area contributed by atoms with Crippen LogP contribution in [0.25, 0.3) is 0 Å². The van der Waals surface area contributed by atoms with Crippen LogP contribution in [0.5, 0.6) is 5.75 Å². The molecule has 1 N–H and O–H groups in total. The van der Waals surface area contributed by atoms with E-state index in [0.717, 1.165) is 10.0 Å². The summed E-state index contributed by atoms with van der Waals surface area (Å²) >= 11 is 9.14. The van der Waals surface area contributed by atoms with Crippen molar-refractivity contribution in [2.24, 2.45) is 5.10 Å². The molecule has 2 aromatic carbocycles. The van der Waals surface area contributed by atoms with Crippen LogP contribution in [0.4, 0.5) is 0 Å². The molecule has 1 amide bonds. The van der Waals surface area contributed by atoms with Gasteiger partial charge in [-0.15, -0.1) is 0 Å². The van der Waals surface area contributed by atoms with E-state index in [4.69, 9.17) is 16.3 Å². The van der Waals surface area contributed by atoms with Crippen molar-refractivity contribution in [3.8, 4) is 5.75 Å². The highest BCUT2D eigenvalue weighted by molar-refractivity contribution is 9.10. The highest BCUT2D eigenvalue weighted by atomic mass is 79.9. The van der Waals surface area contributed by atoms with E-state index < -0.39 is 0 Å². The second-order valence-corrected chi connectivity index (χ2v) is 5.83. The lowest BCUT2D eigenvalue weighted by atomic mass is 10.1. The molecule has 6 heteroatoms. The number of ether oxygens (including phenoxy) is 1. The van der Waals surface area contributed by atoms with Gasteiger partial charge in [0.1, 0.15) is 5.75 Å². The van der Waals surface area contributed by atoms with Gasteiger partial charge in [0, 0.05) is 9.50 Å². The van der Waals surface area contributed by atoms with Crippen molar-refractivity contribution < 1.29 is 9.53 Å². The quantitative estimate of drug-likeness (QED) is 0.628. The maximum absolute atomic E-state index is 11.7. The van der Waals surface area contributed by atoms with Crippen LogP contribution in [-0.4, -0.2) is 18.2 Å². The average molecular weight is 382 g/mol. The number of nitrogens with one attached hydrogen (secondary N) is 1. The lowest BCUT2D eigenvalue weighted by molar-refractivity contribution is -0.123. The Morgan fingerprint density at radius 3 is 2.45 bits per heavy atom. The molecule has 0 radical (unpaired) electrons. The molecular weight excluding hydrogens is 368 g/mol. The third kappa shape index (κ3) is 5.16. The number of rotatable bonds is 5. The highest BCUT2D eigenvalue weighted by Crippen LogP contribution is 2.15. The predicted octanol–water partition coefficient (Wildman–Crippen LogP) is 4.02. The van der Waals surface area contributed by atoms with Crippen LogP contribution >= 0.6 is 27.5 Å². The number of nitrogens with zero attached hydrogens (tertiary/aromatic N) is 1. The molecule has 2 rings (SSSR count). The third-order valence-corrected chi connectivity index (χ3v) is 3.57. The van der Waals surface area contributed by atoms with Crippen LogP contribution in [0.3, 0.4) is 0 Å². The van der Waals surface area contributed by atoms with Crippen LogP contribution in [0.15, 0.2) is 58.1 Å². The number of amides is 1. The van der Waals surface area contributed by atoms with Crippen molar-refractivity contribution >= 4 is 39.1 Å². The van der Waals surface area contributed by atoms with E-state index in [0.29, 0.717) is 16.5 Å². The summed E-state index contributed by atoms with van der Waals surface area (Å²) in [6.07, 6.45) is 0. The van der Waals surface area contributed by atoms with Gasteiger partial charge >= 0.3 is 0 Å². The molecule has 0 saturated carbocycles. The van der Waals surface area contributed by atoms with Gasteiger partial charge in [-0.3, -0.25) is 4.79 Å². The number of carbonyl (C=O) groups is 1. The second kappa shape index (κ2) is 7.96. The summed E-state index contributed by atoms with van der Waals surface area (Å²) in [7, 11) is 0. The van der Waals surface area contributed by atoms with E-state index in [1.165, 1.54) is 0 Å². The van der Waals surface area contributed by atoms with Crippen molar-refractivity contribution in [2.45, 2.75) is 6.92 Å². The normalized spacial score (nSPS) is 11.1. The number of hydrogen-bond acceptors (Lipinski definition) is 3. The molecule has 0 fully saturated rings. The summed E-state index contributed by atoms with van der Waals surface area (Å²) in [4.78, 5) is 11.7. The summed E-state index contributed by atoms with van der Waals surface area (Å²) in [5.74, 6) is 0.250. The minimum Gasteiger partial charge on any atom is -0.484 e. The topological polar surface area (TPSA) is 50.7 Å². The number of benzene rings is 2. The largest absolute Gasteiger partial charge is 0.484 e. The number of halogens is 2. The van der Waals surface area contributed by atoms with E-state index in [2.05, 4.69) is 26.5 Å². The smallest absolute Gasteiger partial charge is 0.277 e. The average Bonchev–Trinajstić information content (AvgIpc) is 2.52. The van der Waals surface area contributed by atoms with Crippen molar-refractivity contribution in [1.29, 1.82) is 0 Å². The first-order valence-electron chi connectivity index (χ1n) is 6.52. The Morgan fingerprint density at radius 2 is 1.82 bits per heavy atom. The molecule has 0 atom stereocenters. The Bertz CT molecular complexity index is 670.